The molecule has 10 heteroatoms. The normalized spacial score (nSPS) is 12.1. The Labute approximate surface area is 222 Å². The molecule has 0 heterocycles. The quantitative estimate of drug-likeness (QED) is 0.260. The predicted molar refractivity (Wildman–Crippen MR) is 138 cm³/mol. The van der Waals surface area contributed by atoms with Gasteiger partial charge in [0.15, 0.2) is 17.7 Å². The van der Waals surface area contributed by atoms with Crippen LogP contribution < -0.4 is 9.46 Å². The lowest BCUT2D eigenvalue weighted by atomic mass is 10.0. The molecule has 1 N–H and O–H groups in total. The van der Waals surface area contributed by atoms with Gasteiger partial charge in [0.1, 0.15) is 0 Å². The Morgan fingerprint density at radius 3 is 2.06 bits per heavy atom. The van der Waals surface area contributed by atoms with Crippen LogP contribution >= 0.6 is 34.8 Å². The zero-order valence-electron chi connectivity index (χ0n) is 18.3. The SMILES string of the molecule is O=C(NS(=O)(=O)c1ccc(Cl)cc1)c1ccc(OC(c2ccc(Cl)cc2)c2ccccc2Cl)c(F)c1. The number of nitrogens with one attached hydrogen (secondary N) is 1. The van der Waals surface area contributed by atoms with Crippen LogP contribution in [0.5, 0.6) is 5.75 Å². The van der Waals surface area contributed by atoms with Crippen LogP contribution in [0.15, 0.2) is 95.9 Å². The molecule has 0 aromatic heterocycles. The second kappa shape index (κ2) is 10.9. The lowest BCUT2D eigenvalue weighted by molar-refractivity contribution is 0.0981. The van der Waals surface area contributed by atoms with Gasteiger partial charge >= 0.3 is 0 Å². The second-order valence-electron chi connectivity index (χ2n) is 7.60. The zero-order valence-corrected chi connectivity index (χ0v) is 21.4. The van der Waals surface area contributed by atoms with Crippen LogP contribution in [0, 0.1) is 5.82 Å². The molecule has 0 saturated carbocycles. The fourth-order valence-corrected chi connectivity index (χ4v) is 4.82. The van der Waals surface area contributed by atoms with E-state index in [0.29, 0.717) is 26.2 Å². The van der Waals surface area contributed by atoms with Gasteiger partial charge in [-0.3, -0.25) is 4.79 Å². The fourth-order valence-electron chi connectivity index (χ4n) is 3.35. The monoisotopic (exact) mass is 563 g/mol. The Balaban J connectivity index is 1.60. The predicted octanol–water partition coefficient (Wildman–Crippen LogP) is 7.07. The van der Waals surface area contributed by atoms with Crippen molar-refractivity contribution in [2.45, 2.75) is 11.0 Å². The van der Waals surface area contributed by atoms with Crippen LogP contribution in [0.4, 0.5) is 4.39 Å². The van der Waals surface area contributed by atoms with E-state index in [2.05, 4.69) is 0 Å². The minimum absolute atomic E-state index is 0.160. The summed E-state index contributed by atoms with van der Waals surface area (Å²) in [5.74, 6) is -2.03. The minimum atomic E-state index is -4.18. The molecule has 0 aliphatic rings. The van der Waals surface area contributed by atoms with Crippen LogP contribution in [0.3, 0.4) is 0 Å². The summed E-state index contributed by atoms with van der Waals surface area (Å²) in [6, 6.07) is 22.5. The lowest BCUT2D eigenvalue weighted by Gasteiger charge is -2.22. The van der Waals surface area contributed by atoms with Crippen molar-refractivity contribution in [3.63, 3.8) is 0 Å². The summed E-state index contributed by atoms with van der Waals surface area (Å²) in [6.45, 7) is 0. The van der Waals surface area contributed by atoms with Crippen molar-refractivity contribution in [2.24, 2.45) is 0 Å². The fraction of sp³-hybridized carbons (Fsp3) is 0.0385. The molecule has 0 saturated heterocycles. The Morgan fingerprint density at radius 2 is 1.44 bits per heavy atom. The van der Waals surface area contributed by atoms with Crippen LogP contribution in [-0.4, -0.2) is 14.3 Å². The van der Waals surface area contributed by atoms with Crippen molar-refractivity contribution in [3.8, 4) is 5.75 Å². The molecule has 4 rings (SSSR count). The number of carbonyl (C=O) groups excluding carboxylic acids is 1. The van der Waals surface area contributed by atoms with Crippen LogP contribution in [0.2, 0.25) is 15.1 Å². The molecule has 0 radical (unpaired) electrons. The van der Waals surface area contributed by atoms with Crippen LogP contribution in [0.1, 0.15) is 27.6 Å². The van der Waals surface area contributed by atoms with Gasteiger partial charge in [-0.05, 0) is 66.2 Å². The minimum Gasteiger partial charge on any atom is -0.478 e. The summed E-state index contributed by atoms with van der Waals surface area (Å²) in [4.78, 5) is 12.4. The second-order valence-corrected chi connectivity index (χ2v) is 10.6. The smallest absolute Gasteiger partial charge is 0.265 e. The molecule has 184 valence electrons. The molecule has 1 atom stereocenters. The van der Waals surface area contributed by atoms with Gasteiger partial charge in [-0.1, -0.05) is 65.1 Å². The van der Waals surface area contributed by atoms with Gasteiger partial charge in [0.05, 0.1) is 4.90 Å². The van der Waals surface area contributed by atoms with E-state index in [1.807, 2.05) is 4.72 Å². The third kappa shape index (κ3) is 5.99. The number of hydrogen-bond donors (Lipinski definition) is 1. The van der Waals surface area contributed by atoms with Gasteiger partial charge in [0.2, 0.25) is 0 Å². The molecule has 1 unspecified atom stereocenters. The summed E-state index contributed by atoms with van der Waals surface area (Å²) in [5.41, 5.74) is 1.05. The Bertz CT molecular complexity index is 1510. The molecule has 0 aliphatic carbocycles. The van der Waals surface area contributed by atoms with Gasteiger partial charge in [0, 0.05) is 26.2 Å². The Kier molecular flexibility index (Phi) is 7.85. The molecule has 0 fully saturated rings. The van der Waals surface area contributed by atoms with Crippen molar-refractivity contribution in [1.29, 1.82) is 0 Å². The number of ether oxygens (including phenoxy) is 1. The number of hydrogen-bond acceptors (Lipinski definition) is 4. The van der Waals surface area contributed by atoms with Crippen molar-refractivity contribution in [3.05, 3.63) is 129 Å². The number of halogens is 4. The highest BCUT2D eigenvalue weighted by Crippen LogP contribution is 2.34. The Hall–Kier alpha value is -3.10. The van der Waals surface area contributed by atoms with Crippen molar-refractivity contribution in [1.82, 2.24) is 4.72 Å². The molecule has 4 aromatic rings. The average Bonchev–Trinajstić information content (AvgIpc) is 2.84. The first-order chi connectivity index (χ1) is 17.1. The Morgan fingerprint density at radius 1 is 0.833 bits per heavy atom. The van der Waals surface area contributed by atoms with E-state index in [9.17, 15) is 13.2 Å². The van der Waals surface area contributed by atoms with E-state index < -0.39 is 27.9 Å². The van der Waals surface area contributed by atoms with Crippen LogP contribution in [0.25, 0.3) is 0 Å². The maximum absolute atomic E-state index is 15.0. The van der Waals surface area contributed by atoms with Gasteiger partial charge in [-0.2, -0.15) is 0 Å². The molecule has 1 amide bonds. The maximum Gasteiger partial charge on any atom is 0.265 e. The van der Waals surface area contributed by atoms with E-state index in [1.165, 1.54) is 36.4 Å². The number of amides is 1. The van der Waals surface area contributed by atoms with Crippen molar-refractivity contribution >= 4 is 50.7 Å². The largest absolute Gasteiger partial charge is 0.478 e. The summed E-state index contributed by atoms with van der Waals surface area (Å²) in [5, 5.41) is 1.28. The van der Waals surface area contributed by atoms with Gasteiger partial charge in [-0.15, -0.1) is 0 Å². The summed E-state index contributed by atoms with van der Waals surface area (Å²) < 4.78 is 47.9. The lowest BCUT2D eigenvalue weighted by Crippen LogP contribution is -2.30. The molecular weight excluding hydrogens is 548 g/mol. The van der Waals surface area contributed by atoms with Crippen molar-refractivity contribution in [2.75, 3.05) is 0 Å². The number of sulfonamides is 1. The maximum atomic E-state index is 15.0. The molecule has 4 aromatic carbocycles. The molecule has 0 aliphatic heterocycles. The molecule has 36 heavy (non-hydrogen) atoms. The molecule has 5 nitrogen and oxygen atoms in total. The first-order valence-corrected chi connectivity index (χ1v) is 13.0. The first kappa shape index (κ1) is 26.0. The number of benzene rings is 4. The first-order valence-electron chi connectivity index (χ1n) is 10.4. The van der Waals surface area contributed by atoms with Gasteiger partial charge in [0.25, 0.3) is 15.9 Å². The third-order valence-corrected chi connectivity index (χ3v) is 7.35. The summed E-state index contributed by atoms with van der Waals surface area (Å²) in [6.07, 6.45) is -0.782. The topological polar surface area (TPSA) is 72.5 Å². The van der Waals surface area contributed by atoms with Gasteiger partial charge < -0.3 is 4.74 Å². The highest BCUT2D eigenvalue weighted by Gasteiger charge is 2.23. The van der Waals surface area contributed by atoms with E-state index in [1.54, 1.807) is 48.5 Å². The third-order valence-electron chi connectivity index (χ3n) is 5.15. The highest BCUT2D eigenvalue weighted by atomic mass is 35.5. The zero-order chi connectivity index (χ0) is 25.9. The standard InChI is InChI=1S/C26H17Cl3FNO4S/c27-18-8-5-16(6-9-18)25(21-3-1-2-4-22(21)29)35-24-14-7-17(15-23(24)30)26(32)31-36(33,34)20-12-10-19(28)11-13-20/h1-15,25H,(H,31,32). The van der Waals surface area contributed by atoms with Crippen LogP contribution in [-0.2, 0) is 10.0 Å². The highest BCUT2D eigenvalue weighted by molar-refractivity contribution is 7.90. The molecule has 0 spiro atoms. The van der Waals surface area contributed by atoms with E-state index in [-0.39, 0.29) is 16.2 Å². The van der Waals surface area contributed by atoms with E-state index in [0.717, 1.165) is 6.07 Å². The average molecular weight is 565 g/mol. The number of carbonyl (C=O) groups is 1. The summed E-state index contributed by atoms with van der Waals surface area (Å²) in [7, 11) is -4.18. The van der Waals surface area contributed by atoms with E-state index >= 15 is 4.39 Å². The molecule has 0 bridgehead atoms. The molecular formula is C26H17Cl3FNO4S. The summed E-state index contributed by atoms with van der Waals surface area (Å²) >= 11 is 18.2. The number of rotatable bonds is 7. The van der Waals surface area contributed by atoms with Crippen molar-refractivity contribution < 1.29 is 22.3 Å². The van der Waals surface area contributed by atoms with Gasteiger partial charge in [-0.25, -0.2) is 17.5 Å². The van der Waals surface area contributed by atoms with E-state index in [4.69, 9.17) is 39.5 Å².